The quantitative estimate of drug-likeness (QED) is 0.757. The molecule has 0 aliphatic rings. The van der Waals surface area contributed by atoms with Gasteiger partial charge in [0.15, 0.2) is 0 Å². The summed E-state index contributed by atoms with van der Waals surface area (Å²) in [5.41, 5.74) is -1.00. The van der Waals surface area contributed by atoms with Gasteiger partial charge in [-0.25, -0.2) is 0 Å². The molecule has 0 amide bonds. The van der Waals surface area contributed by atoms with Crippen molar-refractivity contribution in [2.24, 2.45) is 0 Å². The minimum atomic E-state index is -4.51. The highest BCUT2D eigenvalue weighted by Crippen LogP contribution is 2.36. The third-order valence-corrected chi connectivity index (χ3v) is 2.33. The van der Waals surface area contributed by atoms with Gasteiger partial charge in [0.25, 0.3) is 0 Å². The molecule has 94 valence electrons. The lowest BCUT2D eigenvalue weighted by molar-refractivity contribution is -0.149. The summed E-state index contributed by atoms with van der Waals surface area (Å²) in [5, 5.41) is 0.159. The Morgan fingerprint density at radius 1 is 1.41 bits per heavy atom. The van der Waals surface area contributed by atoms with Gasteiger partial charge in [-0.3, -0.25) is 4.79 Å². The van der Waals surface area contributed by atoms with Gasteiger partial charge in [-0.15, -0.1) is 0 Å². The van der Waals surface area contributed by atoms with Crippen molar-refractivity contribution in [3.63, 3.8) is 0 Å². The first kappa shape index (κ1) is 13.8. The molecule has 0 spiro atoms. The second-order valence-corrected chi connectivity index (χ2v) is 3.92. The second kappa shape index (κ2) is 4.96. The third kappa shape index (κ3) is 3.63. The van der Waals surface area contributed by atoms with Gasteiger partial charge in [-0.1, -0.05) is 11.6 Å². The average molecular weight is 267 g/mol. The highest BCUT2D eigenvalue weighted by molar-refractivity contribution is 6.30. The molecule has 0 heterocycles. The molecule has 1 unspecified atom stereocenters. The van der Waals surface area contributed by atoms with E-state index in [4.69, 9.17) is 16.3 Å². The number of carbonyl (C=O) groups excluding carboxylic acids is 1. The lowest BCUT2D eigenvalue weighted by Crippen LogP contribution is -2.13. The van der Waals surface area contributed by atoms with E-state index >= 15 is 0 Å². The summed E-state index contributed by atoms with van der Waals surface area (Å²) in [6, 6.07) is 3.17. The highest BCUT2D eigenvalue weighted by atomic mass is 35.5. The van der Waals surface area contributed by atoms with E-state index in [0.717, 1.165) is 25.1 Å². The molecule has 1 aromatic rings. The van der Waals surface area contributed by atoms with Gasteiger partial charge in [0.1, 0.15) is 6.10 Å². The van der Waals surface area contributed by atoms with Gasteiger partial charge in [-0.2, -0.15) is 13.2 Å². The summed E-state index contributed by atoms with van der Waals surface area (Å²) in [4.78, 5) is 10.7. The van der Waals surface area contributed by atoms with Gasteiger partial charge in [0, 0.05) is 17.5 Å². The van der Waals surface area contributed by atoms with E-state index in [2.05, 4.69) is 0 Å². The molecule has 0 aliphatic heterocycles. The molecule has 0 saturated carbocycles. The van der Waals surface area contributed by atoms with Crippen LogP contribution in [0.2, 0.25) is 5.02 Å². The minimum Gasteiger partial charge on any atom is -0.458 e. The van der Waals surface area contributed by atoms with Crippen LogP contribution in [0.1, 0.15) is 31.1 Å². The Kier molecular flexibility index (Phi) is 4.03. The lowest BCUT2D eigenvalue weighted by Gasteiger charge is -2.18. The number of benzene rings is 1. The lowest BCUT2D eigenvalue weighted by atomic mass is 10.0. The largest absolute Gasteiger partial charge is 0.458 e. The van der Waals surface area contributed by atoms with Crippen molar-refractivity contribution >= 4 is 17.6 Å². The molecule has 6 heteroatoms. The Bertz CT molecular complexity index is 429. The van der Waals surface area contributed by atoms with E-state index in [-0.39, 0.29) is 10.6 Å². The van der Waals surface area contributed by atoms with Crippen LogP contribution in [0.25, 0.3) is 0 Å². The summed E-state index contributed by atoms with van der Waals surface area (Å²) >= 11 is 5.64. The van der Waals surface area contributed by atoms with Crippen molar-refractivity contribution in [1.82, 2.24) is 0 Å². The number of carbonyl (C=O) groups is 1. The van der Waals surface area contributed by atoms with E-state index in [0.29, 0.717) is 0 Å². The summed E-state index contributed by atoms with van der Waals surface area (Å²) in [7, 11) is 0. The smallest absolute Gasteiger partial charge is 0.416 e. The second-order valence-electron chi connectivity index (χ2n) is 3.48. The van der Waals surface area contributed by atoms with Crippen LogP contribution in [0.3, 0.4) is 0 Å². The van der Waals surface area contributed by atoms with Gasteiger partial charge in [0.2, 0.25) is 0 Å². The molecule has 0 bridgehead atoms. The van der Waals surface area contributed by atoms with Crippen molar-refractivity contribution in [2.45, 2.75) is 26.1 Å². The summed E-state index contributed by atoms with van der Waals surface area (Å²) in [6.45, 7) is 2.50. The Balaban J connectivity index is 3.20. The van der Waals surface area contributed by atoms with Crippen LogP contribution in [-0.4, -0.2) is 5.97 Å². The maximum absolute atomic E-state index is 12.7. The van der Waals surface area contributed by atoms with Gasteiger partial charge in [0.05, 0.1) is 5.56 Å². The number of rotatable bonds is 2. The van der Waals surface area contributed by atoms with E-state index in [1.165, 1.54) is 6.92 Å². The first-order valence-electron chi connectivity index (χ1n) is 4.75. The van der Waals surface area contributed by atoms with Crippen LogP contribution in [-0.2, 0) is 15.7 Å². The number of ether oxygens (including phenoxy) is 1. The third-order valence-electron chi connectivity index (χ3n) is 2.10. The van der Waals surface area contributed by atoms with Crippen LogP contribution in [0.4, 0.5) is 13.2 Å². The SMILES string of the molecule is CC(=O)OC(C)c1cc(Cl)ccc1C(F)(F)F. The van der Waals surface area contributed by atoms with E-state index in [1.54, 1.807) is 0 Å². The topological polar surface area (TPSA) is 26.3 Å². The van der Waals surface area contributed by atoms with Crippen molar-refractivity contribution in [3.05, 3.63) is 34.3 Å². The number of esters is 1. The van der Waals surface area contributed by atoms with Crippen molar-refractivity contribution in [3.8, 4) is 0 Å². The normalized spacial score (nSPS) is 13.3. The van der Waals surface area contributed by atoms with Crippen LogP contribution < -0.4 is 0 Å². The van der Waals surface area contributed by atoms with Crippen LogP contribution in [0.5, 0.6) is 0 Å². The fourth-order valence-corrected chi connectivity index (χ4v) is 1.62. The minimum absolute atomic E-state index is 0.153. The molecular formula is C11H10ClF3O2. The average Bonchev–Trinajstić information content (AvgIpc) is 2.14. The maximum atomic E-state index is 12.7. The monoisotopic (exact) mass is 266 g/mol. The molecule has 17 heavy (non-hydrogen) atoms. The Labute approximate surface area is 101 Å². The van der Waals surface area contributed by atoms with Crippen molar-refractivity contribution in [1.29, 1.82) is 0 Å². The number of hydrogen-bond acceptors (Lipinski definition) is 2. The predicted molar refractivity (Wildman–Crippen MR) is 56.6 cm³/mol. The van der Waals surface area contributed by atoms with Gasteiger partial charge in [-0.05, 0) is 25.1 Å². The number of alkyl halides is 3. The van der Waals surface area contributed by atoms with E-state index in [1.807, 2.05) is 0 Å². The molecule has 1 atom stereocenters. The Morgan fingerprint density at radius 3 is 2.47 bits per heavy atom. The zero-order valence-corrected chi connectivity index (χ0v) is 9.89. The predicted octanol–water partition coefficient (Wildman–Crippen LogP) is 3.98. The van der Waals surface area contributed by atoms with Crippen LogP contribution >= 0.6 is 11.6 Å². The fourth-order valence-electron chi connectivity index (χ4n) is 1.44. The molecular weight excluding hydrogens is 257 g/mol. The van der Waals surface area contributed by atoms with Crippen LogP contribution in [0, 0.1) is 0 Å². The Hall–Kier alpha value is -1.23. The Morgan fingerprint density at radius 2 is 2.00 bits per heavy atom. The summed E-state index contributed by atoms with van der Waals surface area (Å²) < 4.78 is 42.8. The molecule has 0 fully saturated rings. The molecule has 0 aromatic heterocycles. The van der Waals surface area contributed by atoms with E-state index < -0.39 is 23.8 Å². The molecule has 0 aliphatic carbocycles. The summed E-state index contributed by atoms with van der Waals surface area (Å²) in [5.74, 6) is -0.648. The highest BCUT2D eigenvalue weighted by Gasteiger charge is 2.35. The maximum Gasteiger partial charge on any atom is 0.416 e. The standard InChI is InChI=1S/C11H10ClF3O2/c1-6(17-7(2)16)9-5-8(12)3-4-10(9)11(13,14)15/h3-6H,1-2H3. The first-order chi connectivity index (χ1) is 7.71. The molecule has 1 aromatic carbocycles. The van der Waals surface area contributed by atoms with Gasteiger partial charge >= 0.3 is 12.1 Å². The van der Waals surface area contributed by atoms with Crippen molar-refractivity contribution in [2.75, 3.05) is 0 Å². The van der Waals surface area contributed by atoms with Gasteiger partial charge < -0.3 is 4.74 Å². The van der Waals surface area contributed by atoms with Crippen molar-refractivity contribution < 1.29 is 22.7 Å². The molecule has 1 rings (SSSR count). The zero-order chi connectivity index (χ0) is 13.2. The van der Waals surface area contributed by atoms with E-state index in [9.17, 15) is 18.0 Å². The molecule has 2 nitrogen and oxygen atoms in total. The first-order valence-corrected chi connectivity index (χ1v) is 5.13. The molecule has 0 saturated heterocycles. The zero-order valence-electron chi connectivity index (χ0n) is 9.14. The number of halogens is 4. The number of hydrogen-bond donors (Lipinski definition) is 0. The molecule has 0 N–H and O–H groups in total. The van der Waals surface area contributed by atoms with Crippen LogP contribution in [0.15, 0.2) is 18.2 Å². The summed E-state index contributed by atoms with van der Waals surface area (Å²) in [6.07, 6.45) is -5.50. The molecule has 0 radical (unpaired) electrons. The fraction of sp³-hybridized carbons (Fsp3) is 0.364.